The average molecular weight is 329 g/mol. The second kappa shape index (κ2) is 5.23. The van der Waals surface area contributed by atoms with Gasteiger partial charge in [-0.05, 0) is 11.5 Å². The third-order valence-corrected chi connectivity index (χ3v) is 4.15. The van der Waals surface area contributed by atoms with Gasteiger partial charge in [0, 0.05) is 18.4 Å². The van der Waals surface area contributed by atoms with Crippen LogP contribution in [-0.4, -0.2) is 10.7 Å². The monoisotopic (exact) mass is 329 g/mol. The predicted molar refractivity (Wildman–Crippen MR) is 81.1 cm³/mol. The van der Waals surface area contributed by atoms with E-state index in [1.165, 1.54) is 12.1 Å². The van der Waals surface area contributed by atoms with Gasteiger partial charge in [0.1, 0.15) is 28.1 Å². The molecule has 2 aliphatic rings. The van der Waals surface area contributed by atoms with Crippen LogP contribution in [-0.2, 0) is 9.53 Å². The number of hydrogen-bond donors (Lipinski definition) is 1. The Hall–Kier alpha value is -3.08. The van der Waals surface area contributed by atoms with E-state index in [1.807, 2.05) is 19.9 Å². The SMILES string of the molecule is CC1(C)CC(=O)C2=C(C1)OC(N)=C(C#N)[C@@H]2c1ccc([N+](=O)[O-])o1. The lowest BCUT2D eigenvalue weighted by Gasteiger charge is -2.36. The normalized spacial score (nSPS) is 22.7. The van der Waals surface area contributed by atoms with Crippen LogP contribution in [0.4, 0.5) is 5.88 Å². The van der Waals surface area contributed by atoms with Gasteiger partial charge in [-0.2, -0.15) is 5.26 Å². The van der Waals surface area contributed by atoms with E-state index >= 15 is 0 Å². The molecule has 0 bridgehead atoms. The maximum atomic E-state index is 12.7. The Balaban J connectivity index is 2.16. The number of furan rings is 1. The summed E-state index contributed by atoms with van der Waals surface area (Å²) < 4.78 is 10.8. The van der Waals surface area contributed by atoms with E-state index in [0.29, 0.717) is 17.8 Å². The van der Waals surface area contributed by atoms with Gasteiger partial charge in [-0.3, -0.25) is 14.9 Å². The summed E-state index contributed by atoms with van der Waals surface area (Å²) in [5.74, 6) is -1.09. The molecule has 0 radical (unpaired) electrons. The topological polar surface area (TPSA) is 132 Å². The molecule has 1 aromatic heterocycles. The fourth-order valence-corrected chi connectivity index (χ4v) is 3.16. The average Bonchev–Trinajstić information content (AvgIpc) is 2.94. The summed E-state index contributed by atoms with van der Waals surface area (Å²) in [7, 11) is 0. The molecule has 0 spiro atoms. The fourth-order valence-electron chi connectivity index (χ4n) is 3.16. The van der Waals surface area contributed by atoms with Crippen molar-refractivity contribution in [2.75, 3.05) is 0 Å². The maximum Gasteiger partial charge on any atom is 0.433 e. The van der Waals surface area contributed by atoms with E-state index in [0.717, 1.165) is 0 Å². The summed E-state index contributed by atoms with van der Waals surface area (Å²) in [6.45, 7) is 3.87. The summed E-state index contributed by atoms with van der Waals surface area (Å²) in [5, 5.41) is 20.3. The van der Waals surface area contributed by atoms with Gasteiger partial charge < -0.3 is 14.9 Å². The van der Waals surface area contributed by atoms with Crippen molar-refractivity contribution in [1.29, 1.82) is 5.26 Å². The van der Waals surface area contributed by atoms with Crippen LogP contribution in [0.25, 0.3) is 0 Å². The van der Waals surface area contributed by atoms with Crippen LogP contribution in [0.3, 0.4) is 0 Å². The lowest BCUT2D eigenvalue weighted by molar-refractivity contribution is -0.402. The maximum absolute atomic E-state index is 12.7. The number of rotatable bonds is 2. The largest absolute Gasteiger partial charge is 0.444 e. The number of ether oxygens (including phenoxy) is 1. The number of nitrogens with two attached hydrogens (primary N) is 1. The Morgan fingerprint density at radius 2 is 2.12 bits per heavy atom. The van der Waals surface area contributed by atoms with Gasteiger partial charge in [0.15, 0.2) is 5.78 Å². The van der Waals surface area contributed by atoms with Crippen molar-refractivity contribution in [2.45, 2.75) is 32.6 Å². The van der Waals surface area contributed by atoms with Crippen LogP contribution in [0.2, 0.25) is 0 Å². The highest BCUT2D eigenvalue weighted by Gasteiger charge is 2.44. The van der Waals surface area contributed by atoms with Gasteiger partial charge in [0.2, 0.25) is 5.88 Å². The van der Waals surface area contributed by atoms with Crippen molar-refractivity contribution in [2.24, 2.45) is 11.1 Å². The summed E-state index contributed by atoms with van der Waals surface area (Å²) >= 11 is 0. The van der Waals surface area contributed by atoms with Gasteiger partial charge >= 0.3 is 5.88 Å². The number of allylic oxidation sites excluding steroid dienone is 3. The molecule has 0 amide bonds. The number of carbonyl (C=O) groups excluding carboxylic acids is 1. The second-order valence-electron chi connectivity index (χ2n) is 6.64. The van der Waals surface area contributed by atoms with Gasteiger partial charge in [0.25, 0.3) is 0 Å². The van der Waals surface area contributed by atoms with Crippen LogP contribution < -0.4 is 5.73 Å². The van der Waals surface area contributed by atoms with E-state index in [4.69, 9.17) is 14.9 Å². The van der Waals surface area contributed by atoms with E-state index in [-0.39, 0.29) is 34.8 Å². The highest BCUT2D eigenvalue weighted by molar-refractivity contribution is 5.99. The van der Waals surface area contributed by atoms with Crippen LogP contribution in [0, 0.1) is 26.9 Å². The van der Waals surface area contributed by atoms with Gasteiger partial charge in [-0.15, -0.1) is 0 Å². The Kier molecular flexibility index (Phi) is 3.44. The number of nitro groups is 1. The zero-order chi connectivity index (χ0) is 17.6. The molecule has 1 aliphatic carbocycles. The molecule has 8 nitrogen and oxygen atoms in total. The lowest BCUT2D eigenvalue weighted by Crippen LogP contribution is -2.33. The molecule has 0 saturated carbocycles. The highest BCUT2D eigenvalue weighted by Crippen LogP contribution is 2.48. The number of carbonyl (C=O) groups is 1. The first-order valence-corrected chi connectivity index (χ1v) is 7.31. The van der Waals surface area contributed by atoms with Crippen LogP contribution in [0.15, 0.2) is 39.3 Å². The minimum absolute atomic E-state index is 0.0195. The third kappa shape index (κ3) is 2.44. The molecule has 1 atom stereocenters. The van der Waals surface area contributed by atoms with Crippen molar-refractivity contribution < 1.29 is 18.9 Å². The Morgan fingerprint density at radius 1 is 1.42 bits per heavy atom. The zero-order valence-corrected chi connectivity index (χ0v) is 13.2. The summed E-state index contributed by atoms with van der Waals surface area (Å²) in [6.07, 6.45) is 0.764. The molecule has 0 saturated heterocycles. The Morgan fingerprint density at radius 3 is 2.71 bits per heavy atom. The molecule has 1 aliphatic heterocycles. The minimum atomic E-state index is -0.879. The lowest BCUT2D eigenvalue weighted by atomic mass is 9.71. The molecule has 0 aromatic carbocycles. The molecule has 0 unspecified atom stereocenters. The molecule has 8 heteroatoms. The molecule has 124 valence electrons. The van der Waals surface area contributed by atoms with Crippen LogP contribution >= 0.6 is 0 Å². The van der Waals surface area contributed by atoms with E-state index in [9.17, 15) is 20.2 Å². The number of nitriles is 1. The van der Waals surface area contributed by atoms with Crippen molar-refractivity contribution in [3.63, 3.8) is 0 Å². The van der Waals surface area contributed by atoms with Crippen molar-refractivity contribution in [3.8, 4) is 6.07 Å². The Labute approximate surface area is 137 Å². The summed E-state index contributed by atoms with van der Waals surface area (Å²) in [4.78, 5) is 22.8. The molecular formula is C16H15N3O5. The Bertz CT molecular complexity index is 853. The molecule has 24 heavy (non-hydrogen) atoms. The van der Waals surface area contributed by atoms with Crippen molar-refractivity contribution in [1.82, 2.24) is 0 Å². The summed E-state index contributed by atoms with van der Waals surface area (Å²) in [5.41, 5.74) is 5.86. The first-order valence-electron chi connectivity index (χ1n) is 7.31. The number of Topliss-reactive ketones (excluding diaryl/α,β-unsaturated/α-hetero) is 1. The number of nitrogens with zero attached hydrogens (tertiary/aromatic N) is 2. The number of ketones is 1. The zero-order valence-electron chi connectivity index (χ0n) is 13.2. The molecule has 3 rings (SSSR count). The molecular weight excluding hydrogens is 314 g/mol. The van der Waals surface area contributed by atoms with Gasteiger partial charge in [-0.25, -0.2) is 0 Å². The van der Waals surface area contributed by atoms with E-state index in [2.05, 4.69) is 0 Å². The van der Waals surface area contributed by atoms with Gasteiger partial charge in [-0.1, -0.05) is 13.8 Å². The first-order chi connectivity index (χ1) is 11.2. The van der Waals surface area contributed by atoms with E-state index in [1.54, 1.807) is 0 Å². The highest BCUT2D eigenvalue weighted by atomic mass is 16.6. The van der Waals surface area contributed by atoms with Crippen LogP contribution in [0.1, 0.15) is 38.4 Å². The summed E-state index contributed by atoms with van der Waals surface area (Å²) in [6, 6.07) is 4.50. The molecule has 1 aromatic rings. The third-order valence-electron chi connectivity index (χ3n) is 4.15. The smallest absolute Gasteiger partial charge is 0.433 e. The first kappa shape index (κ1) is 15.8. The van der Waals surface area contributed by atoms with Gasteiger partial charge in [0.05, 0.1) is 12.0 Å². The van der Waals surface area contributed by atoms with Crippen LogP contribution in [0.5, 0.6) is 0 Å². The van der Waals surface area contributed by atoms with E-state index < -0.39 is 16.7 Å². The predicted octanol–water partition coefficient (Wildman–Crippen LogP) is 2.64. The minimum Gasteiger partial charge on any atom is -0.444 e. The molecule has 0 fully saturated rings. The fraction of sp³-hybridized carbons (Fsp3) is 0.375. The molecule has 2 heterocycles. The number of hydrogen-bond acceptors (Lipinski definition) is 7. The quantitative estimate of drug-likeness (QED) is 0.651. The molecule has 2 N–H and O–H groups in total. The van der Waals surface area contributed by atoms with Crippen molar-refractivity contribution in [3.05, 3.63) is 50.8 Å². The van der Waals surface area contributed by atoms with Crippen molar-refractivity contribution >= 4 is 11.7 Å². The second-order valence-corrected chi connectivity index (χ2v) is 6.64. The standard InChI is InChI=1S/C16H15N3O5/c1-16(2)5-9(20)14-11(6-16)24-15(18)8(7-17)13(14)10-3-4-12(23-10)19(21)22/h3-4,13H,5-6,18H2,1-2H3/t13-/m1/s1.